The molecule has 0 saturated heterocycles. The maximum absolute atomic E-state index is 2.65. The molecule has 3 nitrogen and oxygen atoms in total. The lowest BCUT2D eigenvalue weighted by Crippen LogP contribution is -2.42. The summed E-state index contributed by atoms with van der Waals surface area (Å²) in [5.74, 6) is 0.271. The van der Waals surface area contributed by atoms with E-state index < -0.39 is 0 Å². The van der Waals surface area contributed by atoms with Crippen LogP contribution in [0.15, 0.2) is 187 Å². The molecule has 0 radical (unpaired) electrons. The standard InChI is InChI=1S/C52H43N3/c1-4-15-36(16-5-1)38-18-14-23-43(33-38)53(39-19-6-2-7-20-39)41-28-30-42(31-29-41)54-48-26-13-12-25-45(48)46-34-47-51(35-50(46)54)55(40-21-8-3-9-22-40)49-32-27-37-17-10-11-24-44(37)52(47)49/h1-4,6-15,17-22,24-26,28-31,33-35,43,47,51H,5,16,23,27,32H2. The molecule has 1 aromatic heterocycles. The van der Waals surface area contributed by atoms with Gasteiger partial charge in [0.15, 0.2) is 0 Å². The van der Waals surface area contributed by atoms with E-state index in [0.29, 0.717) is 0 Å². The lowest BCUT2D eigenvalue weighted by atomic mass is 9.81. The number of anilines is 3. The highest BCUT2D eigenvalue weighted by Crippen LogP contribution is 2.49. The van der Waals surface area contributed by atoms with Gasteiger partial charge in [0.25, 0.3) is 0 Å². The van der Waals surface area contributed by atoms with Crippen molar-refractivity contribution in [3.8, 4) is 5.69 Å². The first-order chi connectivity index (χ1) is 27.3. The molecular weight excluding hydrogens is 667 g/mol. The summed E-state index contributed by atoms with van der Waals surface area (Å²) < 4.78 is 2.51. The van der Waals surface area contributed by atoms with Crippen LogP contribution in [0.2, 0.25) is 0 Å². The Hall–Kier alpha value is -6.32. The van der Waals surface area contributed by atoms with Crippen LogP contribution in [0.3, 0.4) is 0 Å². The molecule has 55 heavy (non-hydrogen) atoms. The third-order valence-corrected chi connectivity index (χ3v) is 12.4. The molecule has 2 heterocycles. The highest BCUT2D eigenvalue weighted by molar-refractivity contribution is 5.92. The third kappa shape index (κ3) is 5.33. The van der Waals surface area contributed by atoms with Crippen LogP contribution in [0.25, 0.3) is 34.3 Å². The number of fused-ring (bicyclic) bond motifs is 7. The van der Waals surface area contributed by atoms with Crippen molar-refractivity contribution in [2.75, 3.05) is 9.80 Å². The van der Waals surface area contributed by atoms with E-state index in [1.165, 1.54) is 77.8 Å². The van der Waals surface area contributed by atoms with E-state index in [0.717, 1.165) is 32.1 Å². The zero-order valence-electron chi connectivity index (χ0n) is 30.9. The minimum atomic E-state index is 0.192. The summed E-state index contributed by atoms with van der Waals surface area (Å²) in [5.41, 5.74) is 14.8. The molecule has 4 aliphatic carbocycles. The molecular formula is C52H43N3. The van der Waals surface area contributed by atoms with Gasteiger partial charge >= 0.3 is 0 Å². The smallest absolute Gasteiger partial charge is 0.0646 e. The van der Waals surface area contributed by atoms with Gasteiger partial charge in [-0.15, -0.1) is 0 Å². The SMILES string of the molecule is C1=CCCC(C2=CC(N(c3ccccc3)c3ccc(-n4c5c(c6ccccc64)=CC4C6=C(CCc7ccccc76)N(c6ccccc6)C4C=5)cc3)CC=C2)=C1. The topological polar surface area (TPSA) is 11.4 Å². The van der Waals surface area contributed by atoms with Crippen LogP contribution >= 0.6 is 0 Å². The first-order valence-corrected chi connectivity index (χ1v) is 20.0. The zero-order valence-corrected chi connectivity index (χ0v) is 30.9. The van der Waals surface area contributed by atoms with Gasteiger partial charge in [0.05, 0.1) is 22.9 Å². The minimum Gasteiger partial charge on any atom is -0.337 e. The Kier molecular flexibility index (Phi) is 7.72. The molecule has 0 amide bonds. The molecule has 0 spiro atoms. The number of rotatable bonds is 6. The van der Waals surface area contributed by atoms with E-state index in [4.69, 9.17) is 0 Å². The van der Waals surface area contributed by atoms with Crippen molar-refractivity contribution in [3.05, 3.63) is 208 Å². The number of hydrogen-bond donors (Lipinski definition) is 0. The molecule has 0 bridgehead atoms. The fourth-order valence-corrected chi connectivity index (χ4v) is 9.98. The molecule has 0 saturated carbocycles. The Morgan fingerprint density at radius 2 is 1.38 bits per heavy atom. The van der Waals surface area contributed by atoms with Crippen LogP contribution < -0.4 is 20.4 Å². The normalized spacial score (nSPS) is 20.8. The first kappa shape index (κ1) is 32.1. The van der Waals surface area contributed by atoms with E-state index in [-0.39, 0.29) is 18.0 Å². The molecule has 266 valence electrons. The number of hydrogen-bond acceptors (Lipinski definition) is 2. The molecule has 5 aromatic carbocycles. The zero-order chi connectivity index (χ0) is 36.3. The summed E-state index contributed by atoms with van der Waals surface area (Å²) in [7, 11) is 0. The number of aromatic nitrogens is 1. The van der Waals surface area contributed by atoms with Crippen LogP contribution in [0.1, 0.15) is 36.8 Å². The highest BCUT2D eigenvalue weighted by atomic mass is 15.2. The van der Waals surface area contributed by atoms with Crippen molar-refractivity contribution < 1.29 is 0 Å². The van der Waals surface area contributed by atoms with E-state index >= 15 is 0 Å². The van der Waals surface area contributed by atoms with Crippen LogP contribution in [-0.2, 0) is 6.42 Å². The summed E-state index contributed by atoms with van der Waals surface area (Å²) in [6.07, 6.45) is 24.4. The van der Waals surface area contributed by atoms with Gasteiger partial charge in [-0.25, -0.2) is 0 Å². The van der Waals surface area contributed by atoms with Crippen molar-refractivity contribution >= 4 is 45.7 Å². The first-order valence-electron chi connectivity index (χ1n) is 20.0. The lowest BCUT2D eigenvalue weighted by molar-refractivity contribution is 0.744. The second-order valence-electron chi connectivity index (χ2n) is 15.4. The summed E-state index contributed by atoms with van der Waals surface area (Å²) in [4.78, 5) is 5.17. The van der Waals surface area contributed by atoms with Crippen LogP contribution in [0.4, 0.5) is 17.1 Å². The Labute approximate surface area is 323 Å². The fraction of sp³-hybridized carbons (Fsp3) is 0.154. The number of nitrogens with zero attached hydrogens (tertiary/aromatic N) is 3. The van der Waals surface area contributed by atoms with Crippen LogP contribution in [0, 0.1) is 5.92 Å². The van der Waals surface area contributed by atoms with E-state index in [1.54, 1.807) is 0 Å². The number of allylic oxidation sites excluding steroid dienone is 7. The summed E-state index contributed by atoms with van der Waals surface area (Å²) in [5, 5.41) is 3.93. The van der Waals surface area contributed by atoms with E-state index in [1.807, 2.05) is 0 Å². The summed E-state index contributed by atoms with van der Waals surface area (Å²) >= 11 is 0. The average Bonchev–Trinajstić information content (AvgIpc) is 3.76. The average molecular weight is 710 g/mol. The van der Waals surface area contributed by atoms with E-state index in [9.17, 15) is 0 Å². The molecule has 11 rings (SSSR count). The predicted octanol–water partition coefficient (Wildman–Crippen LogP) is 10.7. The van der Waals surface area contributed by atoms with Gasteiger partial charge in [0.2, 0.25) is 0 Å². The maximum Gasteiger partial charge on any atom is 0.0646 e. The molecule has 6 aromatic rings. The second kappa shape index (κ2) is 13.2. The van der Waals surface area contributed by atoms with Gasteiger partial charge in [0.1, 0.15) is 0 Å². The Bertz CT molecular complexity index is 2740. The second-order valence-corrected chi connectivity index (χ2v) is 15.4. The third-order valence-electron chi connectivity index (χ3n) is 12.4. The summed E-state index contributed by atoms with van der Waals surface area (Å²) in [6, 6.07) is 49.8. The molecule has 3 heteroatoms. The van der Waals surface area contributed by atoms with Crippen molar-refractivity contribution in [1.82, 2.24) is 4.57 Å². The lowest BCUT2D eigenvalue weighted by Gasteiger charge is -2.34. The minimum absolute atomic E-state index is 0.192. The number of benzene rings is 5. The summed E-state index contributed by atoms with van der Waals surface area (Å²) in [6.45, 7) is 0. The quantitative estimate of drug-likeness (QED) is 0.171. The van der Waals surface area contributed by atoms with E-state index in [2.05, 4.69) is 196 Å². The van der Waals surface area contributed by atoms with Gasteiger partial charge in [-0.3, -0.25) is 0 Å². The Morgan fingerprint density at radius 3 is 2.22 bits per heavy atom. The Morgan fingerprint density at radius 1 is 0.618 bits per heavy atom. The number of para-hydroxylation sites is 3. The van der Waals surface area contributed by atoms with Crippen LogP contribution in [-0.4, -0.2) is 16.7 Å². The number of aryl methyl sites for hydroxylation is 1. The Balaban J connectivity index is 1.04. The molecule has 0 N–H and O–H groups in total. The highest BCUT2D eigenvalue weighted by Gasteiger charge is 2.43. The fourth-order valence-electron chi connectivity index (χ4n) is 9.98. The molecule has 3 atom stereocenters. The molecule has 1 aliphatic heterocycles. The predicted molar refractivity (Wildman–Crippen MR) is 230 cm³/mol. The molecule has 0 fully saturated rings. The maximum atomic E-state index is 2.65. The van der Waals surface area contributed by atoms with Gasteiger partial charge in [-0.05, 0) is 121 Å². The van der Waals surface area contributed by atoms with Crippen molar-refractivity contribution in [1.29, 1.82) is 0 Å². The van der Waals surface area contributed by atoms with Gasteiger partial charge in [-0.2, -0.15) is 0 Å². The van der Waals surface area contributed by atoms with Crippen molar-refractivity contribution in [2.24, 2.45) is 5.92 Å². The van der Waals surface area contributed by atoms with Gasteiger partial charge < -0.3 is 14.4 Å². The molecule has 5 aliphatic rings. The monoisotopic (exact) mass is 709 g/mol. The van der Waals surface area contributed by atoms with Gasteiger partial charge in [-0.1, -0.05) is 121 Å². The van der Waals surface area contributed by atoms with Crippen molar-refractivity contribution in [2.45, 2.75) is 44.2 Å². The van der Waals surface area contributed by atoms with Gasteiger partial charge in [0, 0.05) is 45.0 Å². The van der Waals surface area contributed by atoms with Crippen molar-refractivity contribution in [3.63, 3.8) is 0 Å². The molecule has 3 unspecified atom stereocenters. The largest absolute Gasteiger partial charge is 0.337 e. The van der Waals surface area contributed by atoms with Crippen LogP contribution in [0.5, 0.6) is 0 Å².